The highest BCUT2D eigenvalue weighted by Crippen LogP contribution is 2.53. The lowest BCUT2D eigenvalue weighted by Gasteiger charge is -2.46. The van der Waals surface area contributed by atoms with E-state index in [4.69, 9.17) is 36.3 Å². The minimum atomic E-state index is -2.40. The van der Waals surface area contributed by atoms with Crippen molar-refractivity contribution in [3.63, 3.8) is 0 Å². The second-order valence-electron chi connectivity index (χ2n) is 43.5. The minimum absolute atomic E-state index is 0.0199. The van der Waals surface area contributed by atoms with Gasteiger partial charge in [0, 0.05) is 201 Å². The first-order valence-electron chi connectivity index (χ1n) is 50.5. The van der Waals surface area contributed by atoms with Crippen LogP contribution in [0.3, 0.4) is 0 Å². The number of alkyl carbamates (subject to hydrolysis) is 1. The lowest BCUT2D eigenvalue weighted by atomic mass is 9.80. The third-order valence-corrected chi connectivity index (χ3v) is 56.0. The van der Waals surface area contributed by atoms with Crippen LogP contribution in [-0.4, -0.2) is 274 Å². The number of rotatable bonds is 26. The maximum atomic E-state index is 15.4. The van der Waals surface area contributed by atoms with Gasteiger partial charge in [-0.3, -0.25) is 52.7 Å². The first kappa shape index (κ1) is 123. The quantitative estimate of drug-likeness (QED) is 0.0159. The Kier molecular flexibility index (Phi) is 44.9. The van der Waals surface area contributed by atoms with E-state index in [1.165, 1.54) is 62.3 Å². The molecule has 0 unspecified atom stereocenters. The molecule has 5 saturated heterocycles. The molecule has 4 aromatic rings. The van der Waals surface area contributed by atoms with Crippen LogP contribution in [0.1, 0.15) is 211 Å². The van der Waals surface area contributed by atoms with Crippen molar-refractivity contribution in [3.05, 3.63) is 132 Å². The van der Waals surface area contributed by atoms with Gasteiger partial charge in [-0.25, -0.2) is 9.59 Å². The molecule has 149 heavy (non-hydrogen) atoms. The van der Waals surface area contributed by atoms with Crippen molar-refractivity contribution in [2.75, 3.05) is 51.0 Å². The van der Waals surface area contributed by atoms with Crippen molar-refractivity contribution < 1.29 is 91.5 Å². The summed E-state index contributed by atoms with van der Waals surface area (Å²) in [4.78, 5) is 197. The number of hydrogen-bond acceptors (Lipinski definition) is 23. The Labute approximate surface area is 918 Å². The van der Waals surface area contributed by atoms with Crippen LogP contribution >= 0.6 is 0 Å². The van der Waals surface area contributed by atoms with Crippen molar-refractivity contribution in [1.82, 2.24) is 61.3 Å². The average molecular weight is 2320 g/mol. The Balaban J connectivity index is 0.000000289. The summed E-state index contributed by atoms with van der Waals surface area (Å²) in [6, 6.07) is 16.6. The molecule has 1 aliphatic carbocycles. The molecular weight excluding hydrogens is 2170 g/mol. The van der Waals surface area contributed by atoms with Gasteiger partial charge < -0.3 is 101 Å². The SMILES string of the molecule is C=CCOC(=O)[C@@H]1C[C@@]2(C)c3ccccc3N[C@H]2N1C(=O)[C@H](NC(=O)[C@H](CC(C)C)NC(=O)[C@H]1C[C@@H](O[Si](C)(C)C(C)(C)C)CCN1C(=O)[C@H](C(C)C)N(C)C(=O)[C@H](NC(=O)OCC1c2ccccc2-c2ccccc21)C(C)C)C(C)C.CC(C)C[C@@H]1NC(=O)[C@H]2C[C@@H](O)CCN2C(=O)[C@H](C(C)C)N(C)C(=O)[C@@H](C(C)C)NC(=O)[C@@H]2C[C@@]3(O)c4ccccc4N[C@H]3N2C(=O)[C@@H]([C@H](C)O)NC1=O.S=S=S=S=S=S=S=S=S=S=S=S=S. The highest BCUT2D eigenvalue weighted by molar-refractivity contribution is 8.75. The number of aliphatic hydroxyl groups excluding tert-OH is 2. The van der Waals surface area contributed by atoms with Crippen LogP contribution in [0, 0.1) is 41.4 Å². The molecule has 0 radical (unpaired) electrons. The molecule has 0 spiro atoms. The summed E-state index contributed by atoms with van der Waals surface area (Å²) in [5.41, 5.74) is 4.68. The van der Waals surface area contributed by atoms with Crippen molar-refractivity contribution in [2.45, 2.75) is 321 Å². The Hall–Kier alpha value is -7.95. The van der Waals surface area contributed by atoms with Crippen molar-refractivity contribution in [2.24, 2.45) is 41.4 Å². The average Bonchev–Trinajstić information content (AvgIpc) is 1.55. The summed E-state index contributed by atoms with van der Waals surface area (Å²) < 4.78 is 18.4. The smallest absolute Gasteiger partial charge is 0.407 e. The third kappa shape index (κ3) is 29.4. The zero-order valence-corrected chi connectivity index (χ0v) is 100. The summed E-state index contributed by atoms with van der Waals surface area (Å²) in [6.45, 7) is 43.3. The molecule has 12 amide bonds. The number of likely N-dealkylation sites (tertiary alicyclic amines) is 2. The van der Waals surface area contributed by atoms with E-state index in [1.807, 2.05) is 137 Å². The number of anilines is 2. The van der Waals surface area contributed by atoms with Gasteiger partial charge in [-0.05, 0) is 139 Å². The third-order valence-electron chi connectivity index (χ3n) is 29.2. The molecule has 11 N–H and O–H groups in total. The van der Waals surface area contributed by atoms with E-state index >= 15 is 14.4 Å². The predicted molar refractivity (Wildman–Crippen MR) is 613 cm³/mol. The molecule has 0 bridgehead atoms. The fourth-order valence-electron chi connectivity index (χ4n) is 20.8. The van der Waals surface area contributed by atoms with Gasteiger partial charge in [0.05, 0.1) is 12.2 Å². The first-order chi connectivity index (χ1) is 70.2. The number of piperidine rings is 2. The van der Waals surface area contributed by atoms with Gasteiger partial charge in [0.25, 0.3) is 0 Å². The summed E-state index contributed by atoms with van der Waals surface area (Å²) in [5.74, 6) is -10.0. The maximum absolute atomic E-state index is 15.4. The minimum Gasteiger partial charge on any atom is -0.460 e. The zero-order chi connectivity index (χ0) is 110. The number of carbonyl (C=O) groups is 13. The van der Waals surface area contributed by atoms with Crippen molar-refractivity contribution in [3.8, 4) is 11.1 Å². The van der Waals surface area contributed by atoms with Gasteiger partial charge >= 0.3 is 12.1 Å². The molecule has 7 aliphatic heterocycles. The van der Waals surface area contributed by atoms with Gasteiger partial charge in [0.1, 0.15) is 104 Å². The van der Waals surface area contributed by atoms with Crippen LogP contribution < -0.4 is 42.5 Å². The molecule has 822 valence electrons. The van der Waals surface area contributed by atoms with Crippen molar-refractivity contribution in [1.29, 1.82) is 0 Å². The number of carbonyl (C=O) groups excluding carboxylic acids is 13. The predicted octanol–water partition coefficient (Wildman–Crippen LogP) is 8.71. The number of nitrogens with one attached hydrogen (secondary N) is 8. The van der Waals surface area contributed by atoms with E-state index in [0.717, 1.165) is 38.4 Å². The number of fused-ring (bicyclic) bond motifs is 12. The van der Waals surface area contributed by atoms with Gasteiger partial charge in [0.2, 0.25) is 65.0 Å². The lowest BCUT2D eigenvalue weighted by molar-refractivity contribution is -0.155. The second kappa shape index (κ2) is 54.4. The fraction of sp³-hybridized carbons (Fsp3) is 0.618. The largest absolute Gasteiger partial charge is 0.460 e. The molecule has 19 atom stereocenters. The lowest BCUT2D eigenvalue weighted by Crippen LogP contribution is -2.65. The Bertz CT molecular complexity index is 6070. The van der Waals surface area contributed by atoms with E-state index in [9.17, 15) is 63.3 Å². The summed E-state index contributed by atoms with van der Waals surface area (Å²) in [5, 5.41) is 57.4. The van der Waals surface area contributed by atoms with Crippen LogP contribution in [0.15, 0.2) is 110 Å². The Morgan fingerprint density at radius 3 is 1.68 bits per heavy atom. The van der Waals surface area contributed by atoms with Crippen LogP contribution in [0.2, 0.25) is 18.1 Å². The summed E-state index contributed by atoms with van der Waals surface area (Å²) >= 11 is 9.40. The number of amides is 12. The number of nitrogens with zero attached hydrogens (tertiary/aromatic N) is 6. The summed E-state index contributed by atoms with van der Waals surface area (Å²) in [6.07, 6.45) is -2.93. The number of benzene rings is 4. The van der Waals surface area contributed by atoms with E-state index in [-0.39, 0.29) is 94.0 Å². The van der Waals surface area contributed by atoms with Gasteiger partial charge in [-0.15, -0.1) is 0 Å². The molecule has 33 nitrogen and oxygen atoms in total. The monoisotopic (exact) mass is 2320 g/mol. The molecule has 0 saturated carbocycles. The number of esters is 1. The molecular formula is C102H148N14O19S13Si. The first-order valence-corrected chi connectivity index (χ1v) is 69.4. The van der Waals surface area contributed by atoms with Gasteiger partial charge in [0.15, 0.2) is 8.32 Å². The topological polar surface area (TPSA) is 426 Å². The number of ether oxygens (including phenoxy) is 2. The summed E-state index contributed by atoms with van der Waals surface area (Å²) in [7, 11) is 18.7. The number of hydrogen-bond donors (Lipinski definition) is 11. The van der Waals surface area contributed by atoms with E-state index in [1.54, 1.807) is 139 Å². The highest BCUT2D eigenvalue weighted by atomic mass is 33.5. The normalized spacial score (nSPS) is 24.7. The zero-order valence-electron chi connectivity index (χ0n) is 88.8. The van der Waals surface area contributed by atoms with Gasteiger partial charge in [-0.1, -0.05) is 222 Å². The number of aliphatic hydroxyl groups is 3. The molecule has 12 rings (SSSR count). The molecule has 5 fully saturated rings. The fourth-order valence-corrected chi connectivity index (χ4v) is 46.9. The standard InChI is InChI=1S/C64H91N7O10Si.C38H57N7O9.S13/c1-17-32-79-60(77)51-35-64(13)47-28-22-23-29-48(47)66-61(64)71(51)58(75)53(39(6)7)67-55(72)49(33-37(2)3)65-56(73)50-34-41(81-82(15,16)63(10,11)12)30-31-70(50)59(76)54(40(8)9)69(14)57(74)52(38(4)5)68-62(78)80-36-46-44-26-20-18-24-42(44)43-25-19-21-27-45(43)46;1-18(2)15-25-31(48)42-29(21(7)46)35(52)45-27(17-38(54)23-11-9-10-12-24(23)40-37(38)45)33(50)41-28(19(3)4)34(51)43(8)30(20(5)6)36(53)44-14-13-22(47)16-26(44)32(49)39-25;1-3-5-7-9-11-13-12-10-8-6-4-2/h17-29,37-41,46,49-54,61,66H,1,30-36H2,2-16H3,(H,65,73)(H,67,72)(H,68,78);9-12,18-22,25-30,37,40,46-47,54H,13-17H2,1-8H3,(H,39,49)(H,41,50)(H,42,48);/t41-,49-,50+,51-,52+,53+,54-,61-,64-;21-,22-,25-,26+,27-,28+,29+,30-,37-,38+;/m00./s1. The van der Waals surface area contributed by atoms with E-state index in [2.05, 4.69) is 95.1 Å². The molecule has 4 aromatic carbocycles. The molecule has 0 aromatic heterocycles. The molecule has 7 heterocycles. The van der Waals surface area contributed by atoms with E-state index < -0.39 is 229 Å². The molecule has 8 aliphatic rings. The maximum Gasteiger partial charge on any atom is 0.407 e. The van der Waals surface area contributed by atoms with Crippen LogP contribution in [-0.2, 0) is 203 Å². The highest BCUT2D eigenvalue weighted by Gasteiger charge is 2.63. The van der Waals surface area contributed by atoms with Crippen LogP contribution in [0.25, 0.3) is 11.1 Å². The Morgan fingerprint density at radius 1 is 0.604 bits per heavy atom. The van der Waals surface area contributed by atoms with Crippen LogP contribution in [0.4, 0.5) is 16.2 Å². The number of para-hydroxylation sites is 2. The van der Waals surface area contributed by atoms with Gasteiger partial charge in [-0.2, -0.15) is 0 Å². The Morgan fingerprint density at radius 2 is 1.15 bits per heavy atom. The van der Waals surface area contributed by atoms with E-state index in [0.29, 0.717) is 17.7 Å². The number of likely N-dealkylation sites (N-methyl/N-ethyl adjacent to an activating group) is 2. The van der Waals surface area contributed by atoms with Crippen molar-refractivity contribution >= 4 is 217 Å². The second-order valence-corrected chi connectivity index (χ2v) is 67.7. The molecule has 47 heteroatoms. The van der Waals surface area contributed by atoms with Crippen LogP contribution in [0.5, 0.6) is 0 Å².